The SMILES string of the molecule is O=C(N/C=C/c1ccc(Br)cc1)N1CCN(c2ccc(F)cc2)CC1. The van der Waals surface area contributed by atoms with Gasteiger partial charge in [-0.15, -0.1) is 0 Å². The summed E-state index contributed by atoms with van der Waals surface area (Å²) >= 11 is 3.39. The molecule has 6 heteroatoms. The summed E-state index contributed by atoms with van der Waals surface area (Å²) in [5.41, 5.74) is 2.00. The molecule has 0 radical (unpaired) electrons. The van der Waals surface area contributed by atoms with Gasteiger partial charge in [0.05, 0.1) is 0 Å². The molecule has 1 fully saturated rings. The molecular formula is C19H19BrFN3O. The molecule has 0 atom stereocenters. The van der Waals surface area contributed by atoms with Gasteiger partial charge in [0.25, 0.3) is 0 Å². The van der Waals surface area contributed by atoms with Crippen LogP contribution in [0, 0.1) is 5.82 Å². The lowest BCUT2D eigenvalue weighted by molar-refractivity contribution is 0.198. The highest BCUT2D eigenvalue weighted by Crippen LogP contribution is 2.17. The number of nitrogens with one attached hydrogen (secondary N) is 1. The van der Waals surface area contributed by atoms with E-state index in [0.717, 1.165) is 28.8 Å². The molecule has 0 aliphatic carbocycles. The van der Waals surface area contributed by atoms with E-state index in [1.165, 1.54) is 12.1 Å². The van der Waals surface area contributed by atoms with Crippen molar-refractivity contribution < 1.29 is 9.18 Å². The predicted octanol–water partition coefficient (Wildman–Crippen LogP) is 4.09. The fraction of sp³-hybridized carbons (Fsp3) is 0.211. The molecule has 3 rings (SSSR count). The van der Waals surface area contributed by atoms with Crippen LogP contribution in [0.4, 0.5) is 14.9 Å². The van der Waals surface area contributed by atoms with Crippen molar-refractivity contribution in [3.8, 4) is 0 Å². The van der Waals surface area contributed by atoms with Crippen LogP contribution in [-0.4, -0.2) is 37.1 Å². The van der Waals surface area contributed by atoms with E-state index in [1.54, 1.807) is 23.2 Å². The van der Waals surface area contributed by atoms with Crippen molar-refractivity contribution in [1.82, 2.24) is 10.2 Å². The van der Waals surface area contributed by atoms with Crippen LogP contribution >= 0.6 is 15.9 Å². The van der Waals surface area contributed by atoms with Crippen LogP contribution < -0.4 is 10.2 Å². The zero-order valence-electron chi connectivity index (χ0n) is 13.7. The summed E-state index contributed by atoms with van der Waals surface area (Å²) in [5.74, 6) is -0.237. The molecule has 2 aromatic rings. The van der Waals surface area contributed by atoms with Crippen molar-refractivity contribution in [1.29, 1.82) is 0 Å². The Hall–Kier alpha value is -2.34. The fourth-order valence-corrected chi connectivity index (χ4v) is 2.96. The Bertz CT molecular complexity index is 738. The van der Waals surface area contributed by atoms with Crippen molar-refractivity contribution in [2.24, 2.45) is 0 Å². The van der Waals surface area contributed by atoms with Crippen molar-refractivity contribution in [3.63, 3.8) is 0 Å². The Balaban J connectivity index is 1.48. The standard InChI is InChI=1S/C19H19BrFN3O/c20-16-3-1-15(2-4-16)9-10-22-19(25)24-13-11-23(12-14-24)18-7-5-17(21)6-8-18/h1-10H,11-14H2,(H,22,25)/b10-9+. The second kappa shape index (κ2) is 8.16. The molecule has 1 aliphatic rings. The molecular weight excluding hydrogens is 385 g/mol. The number of piperazine rings is 1. The molecule has 1 saturated heterocycles. The van der Waals surface area contributed by atoms with E-state index >= 15 is 0 Å². The first-order valence-corrected chi connectivity index (χ1v) is 8.89. The maximum Gasteiger partial charge on any atom is 0.321 e. The van der Waals surface area contributed by atoms with E-state index in [9.17, 15) is 9.18 Å². The number of benzene rings is 2. The van der Waals surface area contributed by atoms with Gasteiger partial charge in [-0.3, -0.25) is 0 Å². The Morgan fingerprint density at radius 1 is 1.00 bits per heavy atom. The van der Waals surface area contributed by atoms with Crippen molar-refractivity contribution in [2.75, 3.05) is 31.1 Å². The van der Waals surface area contributed by atoms with Gasteiger partial charge >= 0.3 is 6.03 Å². The summed E-state index contributed by atoms with van der Waals surface area (Å²) in [5, 5.41) is 2.80. The number of nitrogens with zero attached hydrogens (tertiary/aromatic N) is 2. The minimum absolute atomic E-state index is 0.105. The third-order valence-corrected chi connectivity index (χ3v) is 4.64. The lowest BCUT2D eigenvalue weighted by Gasteiger charge is -2.35. The van der Waals surface area contributed by atoms with E-state index in [0.29, 0.717) is 13.1 Å². The van der Waals surface area contributed by atoms with Crippen LogP contribution in [0.2, 0.25) is 0 Å². The van der Waals surface area contributed by atoms with Crippen LogP contribution in [0.3, 0.4) is 0 Å². The van der Waals surface area contributed by atoms with Crippen LogP contribution in [0.1, 0.15) is 5.56 Å². The van der Waals surface area contributed by atoms with Crippen LogP contribution in [0.5, 0.6) is 0 Å². The number of rotatable bonds is 3. The van der Waals surface area contributed by atoms with Crippen LogP contribution in [0.25, 0.3) is 6.08 Å². The molecule has 130 valence electrons. The average molecular weight is 404 g/mol. The summed E-state index contributed by atoms with van der Waals surface area (Å²) in [4.78, 5) is 16.2. The largest absolute Gasteiger partial charge is 0.368 e. The first-order chi connectivity index (χ1) is 12.1. The molecule has 0 spiro atoms. The molecule has 1 heterocycles. The zero-order chi connectivity index (χ0) is 17.6. The van der Waals surface area contributed by atoms with Gasteiger partial charge in [0, 0.05) is 42.5 Å². The van der Waals surface area contributed by atoms with E-state index in [-0.39, 0.29) is 11.8 Å². The minimum Gasteiger partial charge on any atom is -0.368 e. The molecule has 1 N–H and O–H groups in total. The minimum atomic E-state index is -0.237. The Labute approximate surface area is 155 Å². The molecule has 0 saturated carbocycles. The quantitative estimate of drug-likeness (QED) is 0.837. The molecule has 0 aromatic heterocycles. The number of amides is 2. The molecule has 2 amide bonds. The van der Waals surface area contributed by atoms with Gasteiger partial charge in [-0.1, -0.05) is 28.1 Å². The van der Waals surface area contributed by atoms with Gasteiger partial charge in [-0.25, -0.2) is 9.18 Å². The fourth-order valence-electron chi connectivity index (χ4n) is 2.69. The maximum atomic E-state index is 13.0. The topological polar surface area (TPSA) is 35.6 Å². The second-order valence-electron chi connectivity index (χ2n) is 5.78. The van der Waals surface area contributed by atoms with Gasteiger partial charge in [0.1, 0.15) is 5.82 Å². The summed E-state index contributed by atoms with van der Waals surface area (Å²) in [7, 11) is 0. The second-order valence-corrected chi connectivity index (χ2v) is 6.70. The summed E-state index contributed by atoms with van der Waals surface area (Å²) in [6.07, 6.45) is 3.52. The van der Waals surface area contributed by atoms with Gasteiger partial charge in [-0.2, -0.15) is 0 Å². The lowest BCUT2D eigenvalue weighted by atomic mass is 10.2. The number of hydrogen-bond acceptors (Lipinski definition) is 2. The molecule has 0 bridgehead atoms. The summed E-state index contributed by atoms with van der Waals surface area (Å²) in [6, 6.07) is 14.2. The highest BCUT2D eigenvalue weighted by Gasteiger charge is 2.20. The number of anilines is 1. The normalized spacial score (nSPS) is 14.8. The van der Waals surface area contributed by atoms with Crippen LogP contribution in [-0.2, 0) is 0 Å². The number of hydrogen-bond donors (Lipinski definition) is 1. The molecule has 25 heavy (non-hydrogen) atoms. The smallest absolute Gasteiger partial charge is 0.321 e. The first kappa shape index (κ1) is 17.5. The zero-order valence-corrected chi connectivity index (χ0v) is 15.2. The van der Waals surface area contributed by atoms with Crippen LogP contribution in [0.15, 0.2) is 59.2 Å². The molecule has 4 nitrogen and oxygen atoms in total. The maximum absolute atomic E-state index is 13.0. The molecule has 1 aliphatic heterocycles. The van der Waals surface area contributed by atoms with E-state index in [2.05, 4.69) is 26.1 Å². The first-order valence-electron chi connectivity index (χ1n) is 8.10. The Morgan fingerprint density at radius 2 is 1.64 bits per heavy atom. The number of halogens is 2. The Kier molecular flexibility index (Phi) is 5.71. The number of carbonyl (C=O) groups is 1. The summed E-state index contributed by atoms with van der Waals surface area (Å²) in [6.45, 7) is 2.73. The molecule has 2 aromatic carbocycles. The average Bonchev–Trinajstić information content (AvgIpc) is 2.64. The third-order valence-electron chi connectivity index (χ3n) is 4.11. The van der Waals surface area contributed by atoms with Gasteiger partial charge in [0.2, 0.25) is 0 Å². The highest BCUT2D eigenvalue weighted by atomic mass is 79.9. The van der Waals surface area contributed by atoms with Gasteiger partial charge in [-0.05, 0) is 48.0 Å². The Morgan fingerprint density at radius 3 is 2.28 bits per heavy atom. The van der Waals surface area contributed by atoms with Crippen molar-refractivity contribution >= 4 is 33.7 Å². The van der Waals surface area contributed by atoms with Crippen molar-refractivity contribution in [3.05, 3.63) is 70.6 Å². The summed E-state index contributed by atoms with van der Waals surface area (Å²) < 4.78 is 14.0. The molecule has 0 unspecified atom stereocenters. The van der Waals surface area contributed by atoms with E-state index in [4.69, 9.17) is 0 Å². The number of urea groups is 1. The lowest BCUT2D eigenvalue weighted by Crippen LogP contribution is -2.51. The van der Waals surface area contributed by atoms with Crippen molar-refractivity contribution in [2.45, 2.75) is 0 Å². The van der Waals surface area contributed by atoms with E-state index in [1.807, 2.05) is 30.3 Å². The van der Waals surface area contributed by atoms with Gasteiger partial charge in [0.15, 0.2) is 0 Å². The predicted molar refractivity (Wildman–Crippen MR) is 102 cm³/mol. The van der Waals surface area contributed by atoms with E-state index < -0.39 is 0 Å². The third kappa shape index (κ3) is 4.82. The highest BCUT2D eigenvalue weighted by molar-refractivity contribution is 9.10. The number of carbonyl (C=O) groups excluding carboxylic acids is 1. The van der Waals surface area contributed by atoms with Gasteiger partial charge < -0.3 is 15.1 Å². The monoisotopic (exact) mass is 403 g/mol.